The summed E-state index contributed by atoms with van der Waals surface area (Å²) in [5.74, 6) is 0.411. The Balaban J connectivity index is 1.70. The fourth-order valence-corrected chi connectivity index (χ4v) is 8.37. The third-order valence-electron chi connectivity index (χ3n) is 8.04. The molecule has 0 atom stereocenters. The summed E-state index contributed by atoms with van der Waals surface area (Å²) in [7, 11) is 0. The number of aromatic hydroxyl groups is 1. The van der Waals surface area contributed by atoms with Gasteiger partial charge in [0.25, 0.3) is 0 Å². The predicted molar refractivity (Wildman–Crippen MR) is 141 cm³/mol. The van der Waals surface area contributed by atoms with Gasteiger partial charge in [0.15, 0.2) is 0 Å². The van der Waals surface area contributed by atoms with Crippen LogP contribution in [0.5, 0.6) is 5.75 Å². The average Bonchev–Trinajstić information content (AvgIpc) is 3.32. The highest BCUT2D eigenvalue weighted by molar-refractivity contribution is 7.08. The van der Waals surface area contributed by atoms with Gasteiger partial charge in [-0.1, -0.05) is 58.0 Å². The molecule has 0 unspecified atom stereocenters. The van der Waals surface area contributed by atoms with Crippen LogP contribution >= 0.6 is 11.3 Å². The van der Waals surface area contributed by atoms with E-state index in [0.29, 0.717) is 5.75 Å². The Bertz CT molecular complexity index is 1390. The Labute approximate surface area is 201 Å². The molecule has 2 aliphatic carbocycles. The van der Waals surface area contributed by atoms with Crippen molar-refractivity contribution in [3.05, 3.63) is 76.0 Å². The molecule has 6 rings (SSSR count). The van der Waals surface area contributed by atoms with Crippen LogP contribution in [0.1, 0.15) is 63.6 Å². The number of fused-ring (bicyclic) bond motifs is 7. The van der Waals surface area contributed by atoms with Gasteiger partial charge in [-0.2, -0.15) is 11.3 Å². The Morgan fingerprint density at radius 3 is 2.21 bits per heavy atom. The van der Waals surface area contributed by atoms with E-state index in [-0.39, 0.29) is 16.2 Å². The zero-order chi connectivity index (χ0) is 23.2. The van der Waals surface area contributed by atoms with E-state index in [9.17, 15) is 5.11 Å². The van der Waals surface area contributed by atoms with Crippen LogP contribution in [0.15, 0.2) is 59.3 Å². The molecule has 2 aliphatic rings. The van der Waals surface area contributed by atoms with Gasteiger partial charge in [0.1, 0.15) is 5.75 Å². The number of hydrogen-bond acceptors (Lipinski definition) is 2. The second-order valence-corrected chi connectivity index (χ2v) is 12.8. The standard InChI is InChI=1S/C31H32OS/c1-19-12-24-23(13-22(19)20-10-11-33-15-20)27(32)14-26-28(24)21-8-6-7-9-25(21)31(26)17-29(2,3)16-30(4,5)18-31/h6-15,32H,16-18H2,1-5H3. The van der Waals surface area contributed by atoms with Crippen molar-refractivity contribution in [3.8, 4) is 28.0 Å². The van der Waals surface area contributed by atoms with Crippen LogP contribution in [-0.4, -0.2) is 5.11 Å². The first-order valence-electron chi connectivity index (χ1n) is 12.0. The van der Waals surface area contributed by atoms with Crippen molar-refractivity contribution in [2.45, 2.75) is 59.3 Å². The molecular formula is C31H32OS. The highest BCUT2D eigenvalue weighted by Crippen LogP contribution is 2.64. The SMILES string of the molecule is Cc1cc2c3c(cc(O)c2cc1-c1ccsc1)C1(CC(C)(C)CC(C)(C)C1)c1ccccc1-3. The van der Waals surface area contributed by atoms with E-state index in [0.717, 1.165) is 18.2 Å². The Morgan fingerprint density at radius 1 is 0.788 bits per heavy atom. The maximum atomic E-state index is 11.4. The molecule has 0 radical (unpaired) electrons. The molecule has 0 aliphatic heterocycles. The van der Waals surface area contributed by atoms with E-state index < -0.39 is 0 Å². The van der Waals surface area contributed by atoms with Gasteiger partial charge in [0.2, 0.25) is 0 Å². The number of rotatable bonds is 1. The zero-order valence-electron chi connectivity index (χ0n) is 20.3. The molecule has 0 saturated heterocycles. The van der Waals surface area contributed by atoms with Crippen molar-refractivity contribution in [2.75, 3.05) is 0 Å². The van der Waals surface area contributed by atoms with Crippen molar-refractivity contribution >= 4 is 22.1 Å². The zero-order valence-corrected chi connectivity index (χ0v) is 21.1. The lowest BCUT2D eigenvalue weighted by Crippen LogP contribution is -2.43. The fraction of sp³-hybridized carbons (Fsp3) is 0.355. The molecule has 0 amide bonds. The molecule has 1 aromatic heterocycles. The van der Waals surface area contributed by atoms with Crippen LogP contribution < -0.4 is 0 Å². The van der Waals surface area contributed by atoms with Gasteiger partial charge in [-0.3, -0.25) is 0 Å². The summed E-state index contributed by atoms with van der Waals surface area (Å²) in [6.45, 7) is 11.9. The van der Waals surface area contributed by atoms with Gasteiger partial charge in [0, 0.05) is 10.8 Å². The largest absolute Gasteiger partial charge is 0.507 e. The topological polar surface area (TPSA) is 20.2 Å². The van der Waals surface area contributed by atoms with Gasteiger partial charge in [-0.15, -0.1) is 0 Å². The fourth-order valence-electron chi connectivity index (χ4n) is 7.72. The molecule has 33 heavy (non-hydrogen) atoms. The molecule has 3 aromatic carbocycles. The molecule has 1 N–H and O–H groups in total. The highest BCUT2D eigenvalue weighted by Gasteiger charge is 2.53. The van der Waals surface area contributed by atoms with Crippen molar-refractivity contribution in [3.63, 3.8) is 0 Å². The Morgan fingerprint density at radius 2 is 1.52 bits per heavy atom. The molecule has 2 heteroatoms. The summed E-state index contributed by atoms with van der Waals surface area (Å²) in [4.78, 5) is 0. The smallest absolute Gasteiger partial charge is 0.123 e. The molecule has 1 heterocycles. The number of thiophene rings is 1. The van der Waals surface area contributed by atoms with Gasteiger partial charge in [0.05, 0.1) is 0 Å². The molecule has 0 bridgehead atoms. The monoisotopic (exact) mass is 452 g/mol. The van der Waals surface area contributed by atoms with E-state index in [1.807, 2.05) is 0 Å². The molecule has 1 saturated carbocycles. The minimum Gasteiger partial charge on any atom is -0.507 e. The second kappa shape index (κ2) is 6.73. The second-order valence-electron chi connectivity index (χ2n) is 12.0. The molecule has 4 aromatic rings. The van der Waals surface area contributed by atoms with Gasteiger partial charge in [-0.25, -0.2) is 0 Å². The molecule has 1 spiro atoms. The first-order chi connectivity index (χ1) is 15.6. The normalized spacial score (nSPS) is 19.5. The number of phenols is 1. The third-order valence-corrected chi connectivity index (χ3v) is 8.72. The average molecular weight is 453 g/mol. The summed E-state index contributed by atoms with van der Waals surface area (Å²) < 4.78 is 0. The van der Waals surface area contributed by atoms with Crippen molar-refractivity contribution in [2.24, 2.45) is 10.8 Å². The first kappa shape index (κ1) is 21.0. The molecular weight excluding hydrogens is 420 g/mol. The van der Waals surface area contributed by atoms with Crippen molar-refractivity contribution in [1.82, 2.24) is 0 Å². The minimum absolute atomic E-state index is 0.0528. The van der Waals surface area contributed by atoms with E-state index in [1.165, 1.54) is 50.8 Å². The number of hydrogen-bond donors (Lipinski definition) is 1. The van der Waals surface area contributed by atoms with E-state index in [2.05, 4.69) is 93.9 Å². The third kappa shape index (κ3) is 3.03. The summed E-state index contributed by atoms with van der Waals surface area (Å²) in [6, 6.07) is 17.8. The van der Waals surface area contributed by atoms with Crippen molar-refractivity contribution < 1.29 is 5.11 Å². The van der Waals surface area contributed by atoms with Crippen LogP contribution in [-0.2, 0) is 5.41 Å². The van der Waals surface area contributed by atoms with Crippen LogP contribution in [0.4, 0.5) is 0 Å². The summed E-state index contributed by atoms with van der Waals surface area (Å²) in [5.41, 5.74) is 9.59. The van der Waals surface area contributed by atoms with Gasteiger partial charge < -0.3 is 5.11 Å². The van der Waals surface area contributed by atoms with E-state index in [1.54, 1.807) is 11.3 Å². The lowest BCUT2D eigenvalue weighted by Gasteiger charge is -2.51. The maximum absolute atomic E-state index is 11.4. The predicted octanol–water partition coefficient (Wildman–Crippen LogP) is 9.09. The number of benzene rings is 3. The van der Waals surface area contributed by atoms with Crippen LogP contribution in [0, 0.1) is 17.8 Å². The lowest BCUT2D eigenvalue weighted by atomic mass is 9.52. The summed E-state index contributed by atoms with van der Waals surface area (Å²) in [6.07, 6.45) is 3.46. The van der Waals surface area contributed by atoms with Crippen LogP contribution in [0.25, 0.3) is 33.0 Å². The van der Waals surface area contributed by atoms with Crippen LogP contribution in [0.2, 0.25) is 0 Å². The highest BCUT2D eigenvalue weighted by atomic mass is 32.1. The number of aryl methyl sites for hydroxylation is 1. The summed E-state index contributed by atoms with van der Waals surface area (Å²) in [5, 5.41) is 17.9. The summed E-state index contributed by atoms with van der Waals surface area (Å²) >= 11 is 1.72. The lowest BCUT2D eigenvalue weighted by molar-refractivity contribution is 0.0645. The van der Waals surface area contributed by atoms with Gasteiger partial charge in [-0.05, 0) is 110 Å². The van der Waals surface area contributed by atoms with E-state index in [4.69, 9.17) is 0 Å². The van der Waals surface area contributed by atoms with E-state index >= 15 is 0 Å². The quantitative estimate of drug-likeness (QED) is 0.305. The molecule has 168 valence electrons. The maximum Gasteiger partial charge on any atom is 0.123 e. The first-order valence-corrected chi connectivity index (χ1v) is 13.0. The molecule has 1 nitrogen and oxygen atoms in total. The van der Waals surface area contributed by atoms with Gasteiger partial charge >= 0.3 is 0 Å². The Kier molecular flexibility index (Phi) is 4.28. The van der Waals surface area contributed by atoms with Crippen LogP contribution in [0.3, 0.4) is 0 Å². The number of phenolic OH excluding ortho intramolecular Hbond substituents is 1. The molecule has 1 fully saturated rings. The minimum atomic E-state index is -0.0528. The Hall–Kier alpha value is -2.58. The van der Waals surface area contributed by atoms with Crippen molar-refractivity contribution in [1.29, 1.82) is 0 Å².